The molecule has 0 N–H and O–H groups in total. The maximum atomic E-state index is 14.9. The second-order valence-electron chi connectivity index (χ2n) is 8.46. The molecular formula is C25H34FN3O2. The van der Waals surface area contributed by atoms with Crippen LogP contribution in [0.5, 0.6) is 0 Å². The average Bonchev–Trinajstić information content (AvgIpc) is 3.26. The second kappa shape index (κ2) is 10.7. The van der Waals surface area contributed by atoms with E-state index in [0.29, 0.717) is 29.6 Å². The molecule has 0 aromatic heterocycles. The van der Waals surface area contributed by atoms with Gasteiger partial charge in [0.05, 0.1) is 12.3 Å². The van der Waals surface area contributed by atoms with Crippen molar-refractivity contribution in [1.29, 1.82) is 0 Å². The third-order valence-electron chi connectivity index (χ3n) is 5.97. The quantitative estimate of drug-likeness (QED) is 0.550. The molecule has 1 unspecified atom stereocenters. The van der Waals surface area contributed by atoms with Crippen molar-refractivity contribution in [3.8, 4) is 0 Å². The average molecular weight is 428 g/mol. The Hall–Kier alpha value is -2.44. The van der Waals surface area contributed by atoms with E-state index >= 15 is 0 Å². The highest BCUT2D eigenvalue weighted by atomic mass is 19.1. The highest BCUT2D eigenvalue weighted by molar-refractivity contribution is 6.05. The molecule has 5 nitrogen and oxygen atoms in total. The SMILES string of the molecule is CCCCOCc1ccc(C(=O)N(C)c2ccc(N3CCC(N(C)C)C3)c(F)c2)cc1. The van der Waals surface area contributed by atoms with Crippen LogP contribution in [0.3, 0.4) is 0 Å². The van der Waals surface area contributed by atoms with Gasteiger partial charge in [-0.1, -0.05) is 25.5 Å². The summed E-state index contributed by atoms with van der Waals surface area (Å²) in [4.78, 5) is 18.6. The predicted octanol–water partition coefficient (Wildman–Crippen LogP) is 4.56. The van der Waals surface area contributed by atoms with Crippen LogP contribution in [0.4, 0.5) is 15.8 Å². The molecule has 3 rings (SSSR count). The zero-order chi connectivity index (χ0) is 22.4. The van der Waals surface area contributed by atoms with Gasteiger partial charge in [0.15, 0.2) is 0 Å². The topological polar surface area (TPSA) is 36.0 Å². The molecule has 0 bridgehead atoms. The van der Waals surface area contributed by atoms with Crippen LogP contribution >= 0.6 is 0 Å². The minimum Gasteiger partial charge on any atom is -0.377 e. The lowest BCUT2D eigenvalue weighted by molar-refractivity contribution is 0.0992. The number of hydrogen-bond donors (Lipinski definition) is 0. The van der Waals surface area contributed by atoms with Crippen LogP contribution in [0.15, 0.2) is 42.5 Å². The summed E-state index contributed by atoms with van der Waals surface area (Å²) in [6.45, 7) is 5.07. The molecule has 0 saturated carbocycles. The summed E-state index contributed by atoms with van der Waals surface area (Å²) in [5, 5.41) is 0. The van der Waals surface area contributed by atoms with E-state index in [1.165, 1.54) is 11.0 Å². The van der Waals surface area contributed by atoms with E-state index in [-0.39, 0.29) is 11.7 Å². The first-order valence-electron chi connectivity index (χ1n) is 11.1. The largest absolute Gasteiger partial charge is 0.377 e. The summed E-state index contributed by atoms with van der Waals surface area (Å²) in [5.41, 5.74) is 2.74. The van der Waals surface area contributed by atoms with Crippen LogP contribution in [0, 0.1) is 5.82 Å². The monoisotopic (exact) mass is 427 g/mol. The van der Waals surface area contributed by atoms with E-state index in [4.69, 9.17) is 4.74 Å². The van der Waals surface area contributed by atoms with Crippen molar-refractivity contribution in [3.05, 3.63) is 59.4 Å². The van der Waals surface area contributed by atoms with E-state index < -0.39 is 0 Å². The fourth-order valence-corrected chi connectivity index (χ4v) is 3.83. The summed E-state index contributed by atoms with van der Waals surface area (Å²) in [5.74, 6) is -0.462. The Morgan fingerprint density at radius 3 is 2.52 bits per heavy atom. The van der Waals surface area contributed by atoms with Crippen molar-refractivity contribution < 1.29 is 13.9 Å². The van der Waals surface area contributed by atoms with Crippen LogP contribution in [0.2, 0.25) is 0 Å². The molecule has 1 atom stereocenters. The highest BCUT2D eigenvalue weighted by Gasteiger charge is 2.26. The van der Waals surface area contributed by atoms with Crippen molar-refractivity contribution in [2.24, 2.45) is 0 Å². The lowest BCUT2D eigenvalue weighted by atomic mass is 10.1. The number of likely N-dealkylation sites (N-methyl/N-ethyl adjacent to an activating group) is 1. The van der Waals surface area contributed by atoms with Gasteiger partial charge in [-0.25, -0.2) is 4.39 Å². The molecule has 1 aliphatic heterocycles. The van der Waals surface area contributed by atoms with Crippen LogP contribution in [-0.4, -0.2) is 57.7 Å². The molecule has 0 radical (unpaired) electrons. The molecule has 2 aromatic rings. The van der Waals surface area contributed by atoms with Crippen LogP contribution in [0.1, 0.15) is 42.1 Å². The number of nitrogens with zero attached hydrogens (tertiary/aromatic N) is 3. The van der Waals surface area contributed by atoms with Gasteiger partial charge in [0, 0.05) is 44.0 Å². The van der Waals surface area contributed by atoms with E-state index in [2.05, 4.69) is 30.8 Å². The maximum absolute atomic E-state index is 14.9. The van der Waals surface area contributed by atoms with Crippen molar-refractivity contribution >= 4 is 17.3 Å². The summed E-state index contributed by atoms with van der Waals surface area (Å²) in [6.07, 6.45) is 3.17. The number of carbonyl (C=O) groups is 1. The first kappa shape index (κ1) is 23.2. The smallest absolute Gasteiger partial charge is 0.258 e. The van der Waals surface area contributed by atoms with Crippen molar-refractivity contribution in [2.75, 3.05) is 50.6 Å². The third-order valence-corrected chi connectivity index (χ3v) is 5.97. The molecule has 1 heterocycles. The van der Waals surface area contributed by atoms with Gasteiger partial charge in [-0.05, 0) is 62.8 Å². The Balaban J connectivity index is 1.63. The number of anilines is 2. The second-order valence-corrected chi connectivity index (χ2v) is 8.46. The van der Waals surface area contributed by atoms with Crippen LogP contribution < -0.4 is 9.80 Å². The first-order chi connectivity index (χ1) is 14.9. The number of amides is 1. The van der Waals surface area contributed by atoms with Gasteiger partial charge in [-0.2, -0.15) is 0 Å². The molecule has 6 heteroatoms. The van der Waals surface area contributed by atoms with E-state index in [9.17, 15) is 9.18 Å². The molecule has 0 aliphatic carbocycles. The van der Waals surface area contributed by atoms with Gasteiger partial charge in [-0.3, -0.25) is 4.79 Å². The molecule has 31 heavy (non-hydrogen) atoms. The Kier molecular flexibility index (Phi) is 8.04. The fraction of sp³-hybridized carbons (Fsp3) is 0.480. The van der Waals surface area contributed by atoms with Gasteiger partial charge in [0.25, 0.3) is 5.91 Å². The van der Waals surface area contributed by atoms with Gasteiger partial charge < -0.3 is 19.4 Å². The third kappa shape index (κ3) is 5.83. The van der Waals surface area contributed by atoms with Gasteiger partial charge in [0.1, 0.15) is 5.82 Å². The molecule has 2 aromatic carbocycles. The molecule has 1 aliphatic rings. The standard InChI is InChI=1S/C25H34FN3O2/c1-5-6-15-31-18-19-7-9-20(10-8-19)25(30)28(4)21-11-12-24(23(26)16-21)29-14-13-22(17-29)27(2)3/h7-12,16,22H,5-6,13-15,17-18H2,1-4H3. The number of unbranched alkanes of at least 4 members (excludes halogenated alkanes) is 1. The van der Waals surface area contributed by atoms with Gasteiger partial charge >= 0.3 is 0 Å². The molecule has 1 fully saturated rings. The lowest BCUT2D eigenvalue weighted by Crippen LogP contribution is -2.31. The first-order valence-corrected chi connectivity index (χ1v) is 11.1. The summed E-state index contributed by atoms with van der Waals surface area (Å²) in [7, 11) is 5.79. The van der Waals surface area contributed by atoms with Gasteiger partial charge in [0.2, 0.25) is 0 Å². The number of halogens is 1. The number of carbonyl (C=O) groups excluding carboxylic acids is 1. The zero-order valence-electron chi connectivity index (χ0n) is 19.1. The molecule has 168 valence electrons. The number of hydrogen-bond acceptors (Lipinski definition) is 4. The Morgan fingerprint density at radius 2 is 1.90 bits per heavy atom. The molecule has 1 amide bonds. The van der Waals surface area contributed by atoms with E-state index in [1.807, 2.05) is 18.2 Å². The summed E-state index contributed by atoms with van der Waals surface area (Å²) >= 11 is 0. The normalized spacial score (nSPS) is 16.2. The fourth-order valence-electron chi connectivity index (χ4n) is 3.83. The molecule has 1 saturated heterocycles. The van der Waals surface area contributed by atoms with Crippen molar-refractivity contribution in [2.45, 2.75) is 38.8 Å². The van der Waals surface area contributed by atoms with E-state index in [0.717, 1.165) is 44.5 Å². The summed E-state index contributed by atoms with van der Waals surface area (Å²) in [6, 6.07) is 12.9. The summed E-state index contributed by atoms with van der Waals surface area (Å²) < 4.78 is 20.5. The maximum Gasteiger partial charge on any atom is 0.258 e. The number of benzene rings is 2. The minimum atomic E-state index is -0.295. The molecular weight excluding hydrogens is 393 g/mol. The zero-order valence-corrected chi connectivity index (χ0v) is 19.1. The van der Waals surface area contributed by atoms with Crippen molar-refractivity contribution in [3.63, 3.8) is 0 Å². The lowest BCUT2D eigenvalue weighted by Gasteiger charge is -2.23. The Morgan fingerprint density at radius 1 is 1.16 bits per heavy atom. The number of ether oxygens (including phenoxy) is 1. The predicted molar refractivity (Wildman–Crippen MR) is 124 cm³/mol. The molecule has 0 spiro atoms. The van der Waals surface area contributed by atoms with Crippen LogP contribution in [0.25, 0.3) is 0 Å². The van der Waals surface area contributed by atoms with E-state index in [1.54, 1.807) is 25.2 Å². The van der Waals surface area contributed by atoms with Crippen LogP contribution in [-0.2, 0) is 11.3 Å². The highest BCUT2D eigenvalue weighted by Crippen LogP contribution is 2.28. The Labute approximate surface area is 185 Å². The van der Waals surface area contributed by atoms with Gasteiger partial charge in [-0.15, -0.1) is 0 Å². The number of rotatable bonds is 9. The van der Waals surface area contributed by atoms with Crippen molar-refractivity contribution in [1.82, 2.24) is 4.90 Å². The Bertz CT molecular complexity index is 870. The minimum absolute atomic E-state index is 0.167.